The average Bonchev–Trinajstić information content (AvgIpc) is 2.64. The van der Waals surface area contributed by atoms with Gasteiger partial charge in [0.15, 0.2) is 5.58 Å². The normalized spacial score (nSPS) is 16.3. The average molecular weight is 217 g/mol. The number of hydrogen-bond donors (Lipinski definition) is 1. The van der Waals surface area contributed by atoms with Crippen molar-refractivity contribution in [3.63, 3.8) is 0 Å². The van der Waals surface area contributed by atoms with E-state index in [1.807, 2.05) is 25.2 Å². The number of hydrogen-bond acceptors (Lipinski definition) is 4. The number of nitrogens with zero attached hydrogens (tertiary/aromatic N) is 2. The summed E-state index contributed by atoms with van der Waals surface area (Å²) >= 11 is 0. The van der Waals surface area contributed by atoms with E-state index in [0.29, 0.717) is 0 Å². The van der Waals surface area contributed by atoms with Crippen LogP contribution >= 0.6 is 0 Å². The molecule has 2 heterocycles. The molecule has 0 atom stereocenters. The molecule has 1 aromatic heterocycles. The van der Waals surface area contributed by atoms with E-state index in [4.69, 9.17) is 4.42 Å². The fourth-order valence-corrected chi connectivity index (χ4v) is 1.93. The van der Waals surface area contributed by atoms with E-state index < -0.39 is 0 Å². The summed E-state index contributed by atoms with van der Waals surface area (Å²) in [4.78, 5) is 6.83. The quantitative estimate of drug-likeness (QED) is 0.854. The van der Waals surface area contributed by atoms with Gasteiger partial charge in [0.2, 0.25) is 5.89 Å². The van der Waals surface area contributed by atoms with Gasteiger partial charge in [0.05, 0.1) is 6.54 Å². The Bertz CT molecular complexity index is 502. The van der Waals surface area contributed by atoms with E-state index in [0.717, 1.165) is 29.2 Å². The second-order valence-electron chi connectivity index (χ2n) is 4.17. The zero-order chi connectivity index (χ0) is 11.0. The largest absolute Gasteiger partial charge is 0.439 e. The first kappa shape index (κ1) is 9.66. The van der Waals surface area contributed by atoms with Crippen molar-refractivity contribution in [2.75, 3.05) is 25.5 Å². The number of fused-ring (bicyclic) bond motifs is 1. The first-order valence-electron chi connectivity index (χ1n) is 5.65. The van der Waals surface area contributed by atoms with Crippen LogP contribution in [0.3, 0.4) is 0 Å². The Kier molecular flexibility index (Phi) is 2.29. The van der Waals surface area contributed by atoms with Gasteiger partial charge in [-0.05, 0) is 37.7 Å². The van der Waals surface area contributed by atoms with Crippen LogP contribution in [0.25, 0.3) is 11.1 Å². The lowest BCUT2D eigenvalue weighted by atomic mass is 10.2. The maximum Gasteiger partial charge on any atom is 0.209 e. The molecule has 0 amide bonds. The van der Waals surface area contributed by atoms with Crippen LogP contribution in [0.1, 0.15) is 12.3 Å². The number of likely N-dealkylation sites (tertiary alicyclic amines) is 1. The molecule has 84 valence electrons. The lowest BCUT2D eigenvalue weighted by molar-refractivity contribution is 0.157. The van der Waals surface area contributed by atoms with Crippen molar-refractivity contribution in [2.24, 2.45) is 0 Å². The Morgan fingerprint density at radius 2 is 2.31 bits per heavy atom. The van der Waals surface area contributed by atoms with E-state index in [2.05, 4.69) is 15.2 Å². The van der Waals surface area contributed by atoms with Crippen LogP contribution in [0.4, 0.5) is 5.69 Å². The third-order valence-electron chi connectivity index (χ3n) is 3.03. The zero-order valence-electron chi connectivity index (χ0n) is 9.36. The molecule has 1 aliphatic rings. The van der Waals surface area contributed by atoms with E-state index in [9.17, 15) is 0 Å². The van der Waals surface area contributed by atoms with Crippen LogP contribution < -0.4 is 5.32 Å². The van der Waals surface area contributed by atoms with E-state index in [1.165, 1.54) is 19.5 Å². The Morgan fingerprint density at radius 1 is 1.44 bits per heavy atom. The van der Waals surface area contributed by atoms with Crippen molar-refractivity contribution in [3.8, 4) is 0 Å². The van der Waals surface area contributed by atoms with Gasteiger partial charge in [-0.2, -0.15) is 0 Å². The minimum absolute atomic E-state index is 0.822. The fourth-order valence-electron chi connectivity index (χ4n) is 1.93. The van der Waals surface area contributed by atoms with Crippen LogP contribution in [0.5, 0.6) is 0 Å². The molecule has 4 heteroatoms. The third-order valence-corrected chi connectivity index (χ3v) is 3.03. The number of aromatic nitrogens is 1. The molecule has 1 N–H and O–H groups in total. The summed E-state index contributed by atoms with van der Waals surface area (Å²) < 4.78 is 5.69. The first-order valence-corrected chi connectivity index (χ1v) is 5.65. The highest BCUT2D eigenvalue weighted by Crippen LogP contribution is 2.21. The first-order chi connectivity index (χ1) is 7.85. The standard InChI is InChI=1S/C12H15N3O/c1-13-9-3-4-11-10(7-9)14-12(16-11)8-15-5-2-6-15/h3-4,7,13H,2,5-6,8H2,1H3. The van der Waals surface area contributed by atoms with Gasteiger partial charge in [0.25, 0.3) is 0 Å². The van der Waals surface area contributed by atoms with Crippen molar-refractivity contribution >= 4 is 16.8 Å². The van der Waals surface area contributed by atoms with Crippen molar-refractivity contribution in [2.45, 2.75) is 13.0 Å². The van der Waals surface area contributed by atoms with Gasteiger partial charge in [0, 0.05) is 12.7 Å². The number of nitrogens with one attached hydrogen (secondary N) is 1. The molecular weight excluding hydrogens is 202 g/mol. The van der Waals surface area contributed by atoms with Crippen LogP contribution in [-0.2, 0) is 6.54 Å². The summed E-state index contributed by atoms with van der Waals surface area (Å²) in [5.41, 5.74) is 2.87. The molecule has 0 bridgehead atoms. The minimum atomic E-state index is 0.822. The van der Waals surface area contributed by atoms with Crippen LogP contribution in [0.15, 0.2) is 22.6 Å². The monoisotopic (exact) mass is 217 g/mol. The SMILES string of the molecule is CNc1ccc2oc(CN3CCC3)nc2c1. The predicted octanol–water partition coefficient (Wildman–Crippen LogP) is 2.08. The van der Waals surface area contributed by atoms with Gasteiger partial charge < -0.3 is 9.73 Å². The molecule has 0 unspecified atom stereocenters. The van der Waals surface area contributed by atoms with E-state index >= 15 is 0 Å². The van der Waals surface area contributed by atoms with E-state index in [1.54, 1.807) is 0 Å². The summed E-state index contributed by atoms with van der Waals surface area (Å²) in [6.07, 6.45) is 1.30. The molecule has 0 aliphatic carbocycles. The van der Waals surface area contributed by atoms with E-state index in [-0.39, 0.29) is 0 Å². The topological polar surface area (TPSA) is 41.3 Å². The van der Waals surface area contributed by atoms with Gasteiger partial charge in [-0.1, -0.05) is 0 Å². The minimum Gasteiger partial charge on any atom is -0.439 e. The highest BCUT2D eigenvalue weighted by atomic mass is 16.3. The van der Waals surface area contributed by atoms with Crippen molar-refractivity contribution in [1.82, 2.24) is 9.88 Å². The van der Waals surface area contributed by atoms with Gasteiger partial charge in [-0.15, -0.1) is 0 Å². The Labute approximate surface area is 94.3 Å². The molecule has 1 fully saturated rings. The summed E-state index contributed by atoms with van der Waals surface area (Å²) in [5, 5.41) is 3.10. The second kappa shape index (κ2) is 3.79. The number of oxazole rings is 1. The van der Waals surface area contributed by atoms with Gasteiger partial charge in [-0.25, -0.2) is 4.98 Å². The summed E-state index contributed by atoms with van der Waals surface area (Å²) in [7, 11) is 1.90. The van der Waals surface area contributed by atoms with Crippen LogP contribution in [-0.4, -0.2) is 30.0 Å². The Morgan fingerprint density at radius 3 is 3.00 bits per heavy atom. The summed E-state index contributed by atoms with van der Waals surface area (Å²) in [6, 6.07) is 5.98. The van der Waals surface area contributed by atoms with Crippen LogP contribution in [0, 0.1) is 0 Å². The zero-order valence-corrected chi connectivity index (χ0v) is 9.36. The maximum atomic E-state index is 5.69. The fraction of sp³-hybridized carbons (Fsp3) is 0.417. The third kappa shape index (κ3) is 1.65. The molecule has 2 aromatic rings. The van der Waals surface area contributed by atoms with Gasteiger partial charge in [-0.3, -0.25) is 4.90 Å². The summed E-state index contributed by atoms with van der Waals surface area (Å²) in [5.74, 6) is 0.822. The molecular formula is C12H15N3O. The molecule has 0 radical (unpaired) electrons. The molecule has 3 rings (SSSR count). The number of benzene rings is 1. The van der Waals surface area contributed by atoms with Gasteiger partial charge in [0.1, 0.15) is 5.52 Å². The highest BCUT2D eigenvalue weighted by molar-refractivity contribution is 5.77. The smallest absolute Gasteiger partial charge is 0.209 e. The molecule has 1 saturated heterocycles. The maximum absolute atomic E-state index is 5.69. The molecule has 1 aromatic carbocycles. The van der Waals surface area contributed by atoms with Crippen molar-refractivity contribution < 1.29 is 4.42 Å². The predicted molar refractivity (Wildman–Crippen MR) is 63.4 cm³/mol. The van der Waals surface area contributed by atoms with Crippen molar-refractivity contribution in [1.29, 1.82) is 0 Å². The molecule has 4 nitrogen and oxygen atoms in total. The highest BCUT2D eigenvalue weighted by Gasteiger charge is 2.16. The van der Waals surface area contributed by atoms with Crippen LogP contribution in [0.2, 0.25) is 0 Å². The number of anilines is 1. The lowest BCUT2D eigenvalue weighted by Gasteiger charge is -2.28. The van der Waals surface area contributed by atoms with Gasteiger partial charge >= 0.3 is 0 Å². The molecule has 16 heavy (non-hydrogen) atoms. The second-order valence-corrected chi connectivity index (χ2v) is 4.17. The Hall–Kier alpha value is -1.55. The summed E-state index contributed by atoms with van der Waals surface area (Å²) in [6.45, 7) is 3.17. The molecule has 0 spiro atoms. The molecule has 0 saturated carbocycles. The molecule has 1 aliphatic heterocycles. The Balaban J connectivity index is 1.89. The lowest BCUT2D eigenvalue weighted by Crippen LogP contribution is -2.36. The number of rotatable bonds is 3. The van der Waals surface area contributed by atoms with Crippen molar-refractivity contribution in [3.05, 3.63) is 24.1 Å².